The van der Waals surface area contributed by atoms with E-state index in [0.717, 1.165) is 17.5 Å². The number of fused-ring (bicyclic) bond motifs is 1. The van der Waals surface area contributed by atoms with E-state index in [4.69, 9.17) is 11.6 Å². The first-order valence-electron chi connectivity index (χ1n) is 7.91. The van der Waals surface area contributed by atoms with Crippen LogP contribution in [0.15, 0.2) is 48.5 Å². The van der Waals surface area contributed by atoms with Gasteiger partial charge in [0.2, 0.25) is 11.8 Å². The van der Waals surface area contributed by atoms with Gasteiger partial charge < -0.3 is 10.2 Å². The third-order valence-corrected chi connectivity index (χ3v) is 4.53. The predicted octanol–water partition coefficient (Wildman–Crippen LogP) is 3.10. The molecule has 1 atom stereocenters. The smallest absolute Gasteiger partial charge is 0.242 e. The highest BCUT2D eigenvalue weighted by atomic mass is 35.5. The van der Waals surface area contributed by atoms with Gasteiger partial charge in [-0.3, -0.25) is 9.59 Å². The normalized spacial score (nSPS) is 16.4. The van der Waals surface area contributed by atoms with Crippen molar-refractivity contribution in [2.24, 2.45) is 0 Å². The lowest BCUT2D eigenvalue weighted by molar-refractivity contribution is -0.135. The molecule has 0 saturated heterocycles. The van der Waals surface area contributed by atoms with E-state index in [1.165, 1.54) is 12.5 Å². The number of nitrogens with zero attached hydrogens (tertiary/aromatic N) is 1. The van der Waals surface area contributed by atoms with Gasteiger partial charge in [-0.1, -0.05) is 48.0 Å². The molecule has 0 bridgehead atoms. The molecule has 1 N–H and O–H groups in total. The van der Waals surface area contributed by atoms with E-state index in [1.54, 1.807) is 0 Å². The maximum atomic E-state index is 12.7. The fourth-order valence-corrected chi connectivity index (χ4v) is 3.28. The highest BCUT2D eigenvalue weighted by Gasteiger charge is 2.30. The molecule has 2 amide bonds. The SMILES string of the molecule is CC(=O)NCC(=O)N1Cc2cc(Cl)ccc2CC1c1ccccc1. The molecule has 0 saturated carbocycles. The van der Waals surface area contributed by atoms with Crippen LogP contribution in [-0.4, -0.2) is 23.3 Å². The van der Waals surface area contributed by atoms with Crippen molar-refractivity contribution in [3.63, 3.8) is 0 Å². The van der Waals surface area contributed by atoms with Crippen molar-refractivity contribution < 1.29 is 9.59 Å². The molecular formula is C19H19ClN2O2. The van der Waals surface area contributed by atoms with Crippen LogP contribution in [0.4, 0.5) is 0 Å². The minimum Gasteiger partial charge on any atom is -0.347 e. The monoisotopic (exact) mass is 342 g/mol. The largest absolute Gasteiger partial charge is 0.347 e. The summed E-state index contributed by atoms with van der Waals surface area (Å²) in [5, 5.41) is 3.26. The molecule has 0 aromatic heterocycles. The average molecular weight is 343 g/mol. The Labute approximate surface area is 146 Å². The average Bonchev–Trinajstić information content (AvgIpc) is 2.59. The van der Waals surface area contributed by atoms with E-state index < -0.39 is 0 Å². The molecule has 0 radical (unpaired) electrons. The van der Waals surface area contributed by atoms with Crippen molar-refractivity contribution in [2.75, 3.05) is 6.54 Å². The Kier molecular flexibility index (Phi) is 4.86. The van der Waals surface area contributed by atoms with Crippen molar-refractivity contribution >= 4 is 23.4 Å². The number of carbonyl (C=O) groups excluding carboxylic acids is 2. The Morgan fingerprint density at radius 1 is 1.17 bits per heavy atom. The van der Waals surface area contributed by atoms with E-state index in [2.05, 4.69) is 5.32 Å². The summed E-state index contributed by atoms with van der Waals surface area (Å²) >= 11 is 6.10. The van der Waals surface area contributed by atoms with Gasteiger partial charge >= 0.3 is 0 Å². The van der Waals surface area contributed by atoms with Gasteiger partial charge in [0, 0.05) is 18.5 Å². The molecule has 5 heteroatoms. The summed E-state index contributed by atoms with van der Waals surface area (Å²) in [7, 11) is 0. The molecule has 3 rings (SSSR count). The van der Waals surface area contributed by atoms with Gasteiger partial charge in [0.15, 0.2) is 0 Å². The Morgan fingerprint density at radius 3 is 2.62 bits per heavy atom. The van der Waals surface area contributed by atoms with Gasteiger partial charge in [0.25, 0.3) is 0 Å². The van der Waals surface area contributed by atoms with Gasteiger partial charge in [-0.2, -0.15) is 0 Å². The molecule has 1 heterocycles. The zero-order chi connectivity index (χ0) is 17.1. The Hall–Kier alpha value is -2.33. The summed E-state index contributed by atoms with van der Waals surface area (Å²) in [6.07, 6.45) is 0.738. The van der Waals surface area contributed by atoms with Gasteiger partial charge in [-0.15, -0.1) is 0 Å². The molecule has 1 unspecified atom stereocenters. The van der Waals surface area contributed by atoms with Crippen LogP contribution in [-0.2, 0) is 22.6 Å². The van der Waals surface area contributed by atoms with Crippen molar-refractivity contribution in [1.29, 1.82) is 0 Å². The second-order valence-electron chi connectivity index (χ2n) is 5.98. The molecule has 0 fully saturated rings. The maximum absolute atomic E-state index is 12.7. The van der Waals surface area contributed by atoms with Crippen LogP contribution < -0.4 is 5.32 Å². The van der Waals surface area contributed by atoms with Crippen LogP contribution in [0.3, 0.4) is 0 Å². The first-order chi connectivity index (χ1) is 11.5. The summed E-state index contributed by atoms with van der Waals surface area (Å²) in [6.45, 7) is 1.91. The molecule has 2 aromatic rings. The van der Waals surface area contributed by atoms with Gasteiger partial charge in [-0.25, -0.2) is 0 Å². The minimum absolute atomic E-state index is 0.00850. The number of carbonyl (C=O) groups is 2. The van der Waals surface area contributed by atoms with Gasteiger partial charge in [0.05, 0.1) is 12.6 Å². The second kappa shape index (κ2) is 7.05. The molecule has 24 heavy (non-hydrogen) atoms. The van der Waals surface area contributed by atoms with Gasteiger partial charge in [-0.05, 0) is 35.2 Å². The fraction of sp³-hybridized carbons (Fsp3) is 0.263. The summed E-state index contributed by atoms with van der Waals surface area (Å²) in [4.78, 5) is 25.6. The Balaban J connectivity index is 1.92. The number of hydrogen-bond acceptors (Lipinski definition) is 2. The third kappa shape index (κ3) is 3.60. The van der Waals surface area contributed by atoms with Gasteiger partial charge in [0.1, 0.15) is 0 Å². The number of hydrogen-bond donors (Lipinski definition) is 1. The van der Waals surface area contributed by atoms with Crippen LogP contribution in [0.25, 0.3) is 0 Å². The number of amides is 2. The van der Waals surface area contributed by atoms with Crippen LogP contribution in [0, 0.1) is 0 Å². The van der Waals surface area contributed by atoms with E-state index in [-0.39, 0.29) is 24.4 Å². The van der Waals surface area contributed by atoms with Crippen molar-refractivity contribution in [3.8, 4) is 0 Å². The maximum Gasteiger partial charge on any atom is 0.242 e. The van der Waals surface area contributed by atoms with E-state index >= 15 is 0 Å². The lowest BCUT2D eigenvalue weighted by Crippen LogP contribution is -2.44. The third-order valence-electron chi connectivity index (χ3n) is 4.29. The molecule has 124 valence electrons. The molecule has 4 nitrogen and oxygen atoms in total. The van der Waals surface area contributed by atoms with Crippen molar-refractivity contribution in [2.45, 2.75) is 25.9 Å². The molecule has 2 aromatic carbocycles. The first kappa shape index (κ1) is 16.5. The zero-order valence-electron chi connectivity index (χ0n) is 13.5. The molecular weight excluding hydrogens is 324 g/mol. The number of benzene rings is 2. The number of halogens is 1. The highest BCUT2D eigenvalue weighted by Crippen LogP contribution is 2.34. The first-order valence-corrected chi connectivity index (χ1v) is 8.28. The number of rotatable bonds is 3. The Morgan fingerprint density at radius 2 is 1.92 bits per heavy atom. The molecule has 1 aliphatic heterocycles. The zero-order valence-corrected chi connectivity index (χ0v) is 14.2. The lowest BCUT2D eigenvalue weighted by atomic mass is 9.90. The molecule has 0 aliphatic carbocycles. The quantitative estimate of drug-likeness (QED) is 0.931. The Bertz CT molecular complexity index is 761. The summed E-state index contributed by atoms with van der Waals surface area (Å²) in [6, 6.07) is 15.8. The van der Waals surface area contributed by atoms with Crippen LogP contribution >= 0.6 is 11.6 Å². The van der Waals surface area contributed by atoms with Crippen molar-refractivity contribution in [3.05, 3.63) is 70.2 Å². The molecule has 1 aliphatic rings. The molecule has 0 spiro atoms. The van der Waals surface area contributed by atoms with E-state index in [9.17, 15) is 9.59 Å². The fourth-order valence-electron chi connectivity index (χ4n) is 3.09. The lowest BCUT2D eigenvalue weighted by Gasteiger charge is -2.37. The second-order valence-corrected chi connectivity index (χ2v) is 6.41. The van der Waals surface area contributed by atoms with E-state index in [0.29, 0.717) is 11.6 Å². The summed E-state index contributed by atoms with van der Waals surface area (Å²) in [5.41, 5.74) is 3.36. The van der Waals surface area contributed by atoms with Crippen molar-refractivity contribution in [1.82, 2.24) is 10.2 Å². The highest BCUT2D eigenvalue weighted by molar-refractivity contribution is 6.30. The predicted molar refractivity (Wildman–Crippen MR) is 93.6 cm³/mol. The van der Waals surface area contributed by atoms with Crippen LogP contribution in [0.2, 0.25) is 5.02 Å². The van der Waals surface area contributed by atoms with Crippen LogP contribution in [0.1, 0.15) is 29.7 Å². The standard InChI is InChI=1S/C19H19ClN2O2/c1-13(23)21-11-19(24)22-12-16-9-17(20)8-7-15(16)10-18(22)14-5-3-2-4-6-14/h2-9,18H,10-12H2,1H3,(H,21,23). The van der Waals surface area contributed by atoms with Crippen LogP contribution in [0.5, 0.6) is 0 Å². The number of nitrogens with one attached hydrogen (secondary N) is 1. The summed E-state index contributed by atoms with van der Waals surface area (Å²) in [5.74, 6) is -0.301. The summed E-state index contributed by atoms with van der Waals surface area (Å²) < 4.78 is 0. The minimum atomic E-state index is -0.208. The van der Waals surface area contributed by atoms with E-state index in [1.807, 2.05) is 53.4 Å². The topological polar surface area (TPSA) is 49.4 Å².